The van der Waals surface area contributed by atoms with Crippen molar-refractivity contribution in [2.45, 2.75) is 212 Å². The number of aliphatic carboxylic acids is 1. The molecule has 3 atom stereocenters. The van der Waals surface area contributed by atoms with E-state index in [1.807, 2.05) is 0 Å². The monoisotopic (exact) mass is 828 g/mol. The summed E-state index contributed by atoms with van der Waals surface area (Å²) in [5, 5.41) is 8.89. The third-order valence-corrected chi connectivity index (χ3v) is 10.6. The zero-order valence-electron chi connectivity index (χ0n) is 35.9. The van der Waals surface area contributed by atoms with Crippen molar-refractivity contribution in [3.05, 3.63) is 36.5 Å². The Bertz CT molecular complexity index is 1110. The van der Waals surface area contributed by atoms with Gasteiger partial charge in [-0.05, 0) is 70.6 Å². The van der Waals surface area contributed by atoms with Gasteiger partial charge in [-0.2, -0.15) is 0 Å². The van der Waals surface area contributed by atoms with Crippen LogP contribution in [0, 0.1) is 0 Å². The molecule has 3 unspecified atom stereocenters. The van der Waals surface area contributed by atoms with Crippen LogP contribution in [0.1, 0.15) is 200 Å². The molecular formula is C45H82NO10P. The maximum atomic E-state index is 12.6. The van der Waals surface area contributed by atoms with Crippen molar-refractivity contribution in [1.82, 2.24) is 0 Å². The summed E-state index contributed by atoms with van der Waals surface area (Å²) in [7, 11) is -4.72. The van der Waals surface area contributed by atoms with Crippen molar-refractivity contribution >= 4 is 25.7 Å². The molecule has 12 heteroatoms. The zero-order valence-corrected chi connectivity index (χ0v) is 36.8. The Hall–Kier alpha value is -2.30. The third-order valence-electron chi connectivity index (χ3n) is 9.61. The van der Waals surface area contributed by atoms with Crippen molar-refractivity contribution in [2.75, 3.05) is 19.8 Å². The number of phosphoric acid groups is 1. The maximum absolute atomic E-state index is 12.6. The van der Waals surface area contributed by atoms with E-state index in [-0.39, 0.29) is 19.4 Å². The standard InChI is InChI=1S/C45H82NO10P/c1-3-5-7-9-11-13-15-17-19-21-23-25-27-29-31-33-35-37-44(48)56-41(39-54-57(51,52)55-40-42(46)45(49)50)38-53-43(47)36-34-32-30-28-26-24-22-20-18-16-14-12-10-8-6-4-2/h11,13,17,19-20,22,41-42H,3-10,12,14-16,18,21,23-40,46H2,1-2H3,(H,49,50)(H,51,52)/b13-11-,19-17-,22-20-. The molecule has 0 heterocycles. The molecule has 0 spiro atoms. The van der Waals surface area contributed by atoms with Gasteiger partial charge in [-0.3, -0.25) is 23.4 Å². The van der Waals surface area contributed by atoms with Crippen LogP contribution in [-0.2, 0) is 37.5 Å². The molecule has 0 aliphatic carbocycles. The molecule has 0 aromatic rings. The molecular weight excluding hydrogens is 745 g/mol. The molecule has 0 aromatic heterocycles. The smallest absolute Gasteiger partial charge is 0.472 e. The van der Waals surface area contributed by atoms with Gasteiger partial charge in [-0.25, -0.2) is 4.57 Å². The topological polar surface area (TPSA) is 172 Å². The number of esters is 2. The summed E-state index contributed by atoms with van der Waals surface area (Å²) in [6, 6.07) is -1.52. The number of hydrogen-bond donors (Lipinski definition) is 3. The highest BCUT2D eigenvalue weighted by atomic mass is 31.2. The molecule has 57 heavy (non-hydrogen) atoms. The Morgan fingerprint density at radius 3 is 1.42 bits per heavy atom. The Kier molecular flexibility index (Phi) is 38.8. The van der Waals surface area contributed by atoms with E-state index in [9.17, 15) is 23.8 Å². The molecule has 0 saturated carbocycles. The van der Waals surface area contributed by atoms with E-state index in [0.717, 1.165) is 77.0 Å². The van der Waals surface area contributed by atoms with E-state index in [1.54, 1.807) is 0 Å². The molecule has 0 radical (unpaired) electrons. The van der Waals surface area contributed by atoms with Crippen molar-refractivity contribution in [3.8, 4) is 0 Å². The molecule has 0 amide bonds. The number of allylic oxidation sites excluding steroid dienone is 6. The summed E-state index contributed by atoms with van der Waals surface area (Å²) in [6.07, 6.45) is 43.4. The van der Waals surface area contributed by atoms with Gasteiger partial charge in [0.05, 0.1) is 13.2 Å². The Morgan fingerprint density at radius 2 is 0.930 bits per heavy atom. The minimum atomic E-state index is -4.72. The second-order valence-corrected chi connectivity index (χ2v) is 16.6. The van der Waals surface area contributed by atoms with Gasteiger partial charge < -0.3 is 25.2 Å². The number of carbonyl (C=O) groups is 3. The number of carboxylic acids is 1. The number of nitrogens with two attached hydrogens (primary N) is 1. The highest BCUT2D eigenvalue weighted by molar-refractivity contribution is 7.47. The van der Waals surface area contributed by atoms with Crippen LogP contribution in [-0.4, -0.2) is 59.9 Å². The van der Waals surface area contributed by atoms with Crippen LogP contribution >= 0.6 is 7.82 Å². The van der Waals surface area contributed by atoms with Crippen molar-refractivity contribution in [3.63, 3.8) is 0 Å². The van der Waals surface area contributed by atoms with Gasteiger partial charge >= 0.3 is 25.7 Å². The fraction of sp³-hybridized carbons (Fsp3) is 0.800. The van der Waals surface area contributed by atoms with Gasteiger partial charge in [0, 0.05) is 12.8 Å². The largest absolute Gasteiger partial charge is 0.480 e. The van der Waals surface area contributed by atoms with Gasteiger partial charge in [0.2, 0.25) is 0 Å². The van der Waals surface area contributed by atoms with Gasteiger partial charge in [-0.1, -0.05) is 153 Å². The highest BCUT2D eigenvalue weighted by Crippen LogP contribution is 2.43. The fourth-order valence-corrected chi connectivity index (χ4v) is 6.81. The van der Waals surface area contributed by atoms with Crippen molar-refractivity contribution in [2.24, 2.45) is 5.73 Å². The second-order valence-electron chi connectivity index (χ2n) is 15.2. The van der Waals surface area contributed by atoms with E-state index >= 15 is 0 Å². The molecule has 0 aliphatic heterocycles. The van der Waals surface area contributed by atoms with Crippen LogP contribution in [0.5, 0.6) is 0 Å². The molecule has 0 fully saturated rings. The molecule has 0 aliphatic rings. The third kappa shape index (κ3) is 40.3. The summed E-state index contributed by atoms with van der Waals surface area (Å²) in [5.74, 6) is -2.40. The fourth-order valence-electron chi connectivity index (χ4n) is 6.03. The lowest BCUT2D eigenvalue weighted by molar-refractivity contribution is -0.161. The van der Waals surface area contributed by atoms with E-state index in [0.29, 0.717) is 12.8 Å². The predicted molar refractivity (Wildman–Crippen MR) is 231 cm³/mol. The summed E-state index contributed by atoms with van der Waals surface area (Å²) in [5.41, 5.74) is 5.33. The minimum Gasteiger partial charge on any atom is -0.480 e. The summed E-state index contributed by atoms with van der Waals surface area (Å²) < 4.78 is 32.7. The molecule has 11 nitrogen and oxygen atoms in total. The quantitative estimate of drug-likeness (QED) is 0.0231. The van der Waals surface area contributed by atoms with E-state index < -0.39 is 51.1 Å². The lowest BCUT2D eigenvalue weighted by Gasteiger charge is -2.20. The number of phosphoric ester groups is 1. The number of ether oxygens (including phenoxy) is 2. The second kappa shape index (κ2) is 40.5. The van der Waals surface area contributed by atoms with Crippen molar-refractivity contribution in [1.29, 1.82) is 0 Å². The SMILES string of the molecule is CCCCC/C=C\C/C=C\CCCCCCCCCC(=O)OC(COC(=O)CCCCCCC/C=C\CCCCCCCCC)COP(=O)(O)OCC(N)C(=O)O. The molecule has 0 saturated heterocycles. The number of rotatable bonds is 42. The molecule has 0 aromatic carbocycles. The molecule has 0 rings (SSSR count). The Balaban J connectivity index is 4.37. The highest BCUT2D eigenvalue weighted by Gasteiger charge is 2.28. The summed E-state index contributed by atoms with van der Waals surface area (Å²) in [4.78, 5) is 46.0. The molecule has 4 N–H and O–H groups in total. The molecule has 332 valence electrons. The van der Waals surface area contributed by atoms with Gasteiger partial charge in [0.1, 0.15) is 12.6 Å². The number of carbonyl (C=O) groups excluding carboxylic acids is 2. The first-order chi connectivity index (χ1) is 27.6. The number of unbranched alkanes of at least 4 members (excludes halogenated alkanes) is 22. The number of carboxylic acid groups (broad SMARTS) is 1. The van der Waals surface area contributed by atoms with Crippen LogP contribution in [0.4, 0.5) is 0 Å². The average Bonchev–Trinajstić information content (AvgIpc) is 3.19. The van der Waals surface area contributed by atoms with Crippen LogP contribution in [0.25, 0.3) is 0 Å². The lowest BCUT2D eigenvalue weighted by atomic mass is 10.1. The summed E-state index contributed by atoms with van der Waals surface area (Å²) >= 11 is 0. The van der Waals surface area contributed by atoms with Crippen LogP contribution in [0.3, 0.4) is 0 Å². The Labute approximate surface area is 346 Å². The minimum absolute atomic E-state index is 0.151. The number of hydrogen-bond acceptors (Lipinski definition) is 9. The van der Waals surface area contributed by atoms with Crippen LogP contribution in [0.15, 0.2) is 36.5 Å². The van der Waals surface area contributed by atoms with Gasteiger partial charge in [0.25, 0.3) is 0 Å². The first-order valence-corrected chi connectivity index (χ1v) is 24.0. The normalized spacial score (nSPS) is 14.0. The van der Waals surface area contributed by atoms with Crippen LogP contribution in [0.2, 0.25) is 0 Å². The van der Waals surface area contributed by atoms with E-state index in [4.69, 9.17) is 24.8 Å². The Morgan fingerprint density at radius 1 is 0.544 bits per heavy atom. The summed E-state index contributed by atoms with van der Waals surface area (Å²) in [6.45, 7) is 2.77. The van der Waals surface area contributed by atoms with Crippen molar-refractivity contribution < 1.29 is 47.5 Å². The first kappa shape index (κ1) is 54.7. The van der Waals surface area contributed by atoms with E-state index in [2.05, 4.69) is 54.8 Å². The maximum Gasteiger partial charge on any atom is 0.472 e. The molecule has 0 bridgehead atoms. The predicted octanol–water partition coefficient (Wildman–Crippen LogP) is 12.0. The first-order valence-electron chi connectivity index (χ1n) is 22.5. The zero-order chi connectivity index (χ0) is 42.1. The van der Waals surface area contributed by atoms with Gasteiger partial charge in [-0.15, -0.1) is 0 Å². The lowest BCUT2D eigenvalue weighted by Crippen LogP contribution is -2.34. The van der Waals surface area contributed by atoms with Gasteiger partial charge in [0.15, 0.2) is 6.10 Å². The van der Waals surface area contributed by atoms with E-state index in [1.165, 1.54) is 83.5 Å². The average molecular weight is 828 g/mol. The van der Waals surface area contributed by atoms with Crippen LogP contribution < -0.4 is 5.73 Å².